The molecule has 36 valence electrons. The van der Waals surface area contributed by atoms with E-state index in [1.165, 1.54) is 0 Å². The van der Waals surface area contributed by atoms with Crippen LogP contribution in [-0.2, 0) is 118 Å². The average molecular weight is 398 g/mol. The molecule has 0 N–H and O–H groups in total. The first-order chi connectivity index (χ1) is 0. The third-order valence-electron chi connectivity index (χ3n) is 0. The van der Waals surface area contributed by atoms with Crippen molar-refractivity contribution in [2.75, 3.05) is 0 Å². The number of hydrogen-bond donors (Lipinski definition) is 0. The second-order valence-corrected chi connectivity index (χ2v) is 0. The van der Waals surface area contributed by atoms with Gasteiger partial charge in [-0.1, -0.05) is 0 Å². The molecule has 2 radical (unpaired) electrons. The Morgan fingerprint density at radius 2 is 1.00 bits per heavy atom. The zero-order chi connectivity index (χ0) is 0. The summed E-state index contributed by atoms with van der Waals surface area (Å²) >= 11 is 0. The van der Waals surface area contributed by atoms with Crippen molar-refractivity contribution in [1.29, 1.82) is 0 Å². The molecule has 6 heavy (non-hydrogen) atoms. The molecule has 0 aliphatic carbocycles. The standard InChI is InChI=1S/Cr.Mo.Nb.Ni.Ti.V. The molecule has 0 nitrogen and oxygen atoms in total. The first-order valence-corrected chi connectivity index (χ1v) is 0. The van der Waals surface area contributed by atoms with Gasteiger partial charge in [-0.25, -0.2) is 0 Å². The SMILES string of the molecule is [Cr].[Mo].[Nb].[Ni].[Ti].[V]. The van der Waals surface area contributed by atoms with E-state index in [1.807, 2.05) is 0 Å². The predicted molar refractivity (Wildman–Crippen MR) is 0 cm³/mol. The Labute approximate surface area is 115 Å². The molecule has 0 saturated heterocycles. The van der Waals surface area contributed by atoms with Crippen molar-refractivity contribution < 1.29 is 118 Å². The van der Waals surface area contributed by atoms with Crippen LogP contribution in [0.1, 0.15) is 0 Å². The normalized spacial score (nSPS) is 0. The molecule has 0 aromatic heterocycles. The van der Waals surface area contributed by atoms with Gasteiger partial charge in [-0.3, -0.25) is 0 Å². The Bertz CT molecular complexity index is 15.5. The molecule has 6 heteroatoms. The van der Waals surface area contributed by atoms with E-state index in [1.54, 1.807) is 0 Å². The van der Waals surface area contributed by atoms with E-state index in [0.29, 0.717) is 0 Å². The van der Waals surface area contributed by atoms with Crippen LogP contribution < -0.4 is 0 Å². The second-order valence-electron chi connectivity index (χ2n) is 0. The van der Waals surface area contributed by atoms with E-state index in [2.05, 4.69) is 0 Å². The fourth-order valence-electron chi connectivity index (χ4n) is 0. The molecular weight excluding hydrogens is 398 g/mol. The Morgan fingerprint density at radius 3 is 1.00 bits per heavy atom. The predicted octanol–water partition coefficient (Wildman–Crippen LogP) is -0.0150. The van der Waals surface area contributed by atoms with E-state index in [9.17, 15) is 0 Å². The van der Waals surface area contributed by atoms with Gasteiger partial charge in [0.2, 0.25) is 0 Å². The number of rotatable bonds is 0. The average Bonchev–Trinajstić information content (AvgIpc) is 0. The molecule has 0 aliphatic rings. The third-order valence-corrected chi connectivity index (χ3v) is 0. The molecule has 0 aromatic carbocycles. The molecule has 0 spiro atoms. The van der Waals surface area contributed by atoms with E-state index >= 15 is 0 Å². The van der Waals surface area contributed by atoms with Crippen LogP contribution in [0.25, 0.3) is 0 Å². The third kappa shape index (κ3) is 25.1. The van der Waals surface area contributed by atoms with Gasteiger partial charge in [0.05, 0.1) is 0 Å². The first kappa shape index (κ1) is 53.0. The Hall–Kier alpha value is 3.75. The fourth-order valence-corrected chi connectivity index (χ4v) is 0. The topological polar surface area (TPSA) is 0 Å². The minimum absolute atomic E-state index is 0. The monoisotopic (exact) mass is 400 g/mol. The molecule has 0 aromatic rings. The van der Waals surface area contributed by atoms with E-state index in [-0.39, 0.29) is 118 Å². The second kappa shape index (κ2) is 37.4. The van der Waals surface area contributed by atoms with E-state index < -0.39 is 0 Å². The summed E-state index contributed by atoms with van der Waals surface area (Å²) in [4.78, 5) is 0. The molecule has 0 amide bonds. The van der Waals surface area contributed by atoms with Crippen LogP contribution in [0.5, 0.6) is 0 Å². The van der Waals surface area contributed by atoms with Crippen LogP contribution in [-0.4, -0.2) is 0 Å². The van der Waals surface area contributed by atoms with E-state index in [4.69, 9.17) is 0 Å². The maximum absolute atomic E-state index is 0. The van der Waals surface area contributed by atoms with Gasteiger partial charge in [0.25, 0.3) is 0 Å². The summed E-state index contributed by atoms with van der Waals surface area (Å²) in [6.07, 6.45) is 0. The number of hydrogen-bond acceptors (Lipinski definition) is 0. The van der Waals surface area contributed by atoms with Crippen molar-refractivity contribution in [3.8, 4) is 0 Å². The largest absolute Gasteiger partial charge is 0 e. The van der Waals surface area contributed by atoms with Gasteiger partial charge in [-0.15, -0.1) is 0 Å². The Morgan fingerprint density at radius 1 is 1.00 bits per heavy atom. The van der Waals surface area contributed by atoms with Crippen molar-refractivity contribution in [2.24, 2.45) is 0 Å². The maximum Gasteiger partial charge on any atom is 0 e. The van der Waals surface area contributed by atoms with Crippen molar-refractivity contribution in [1.82, 2.24) is 0 Å². The van der Waals surface area contributed by atoms with Gasteiger partial charge >= 0.3 is 0 Å². The van der Waals surface area contributed by atoms with Crippen LogP contribution >= 0.6 is 0 Å². The van der Waals surface area contributed by atoms with E-state index in [0.717, 1.165) is 0 Å². The van der Waals surface area contributed by atoms with Crippen molar-refractivity contribution in [3.63, 3.8) is 0 Å². The van der Waals surface area contributed by atoms with Gasteiger partial charge in [-0.2, -0.15) is 0 Å². The van der Waals surface area contributed by atoms with Crippen molar-refractivity contribution in [2.45, 2.75) is 0 Å². The molecular formula is CrMoNbNiTiV. The quantitative estimate of drug-likeness (QED) is 0.504. The molecule has 0 atom stereocenters. The molecule has 0 unspecified atom stereocenters. The summed E-state index contributed by atoms with van der Waals surface area (Å²) < 4.78 is 0. The summed E-state index contributed by atoms with van der Waals surface area (Å²) in [7, 11) is 0. The molecule has 0 heterocycles. The van der Waals surface area contributed by atoms with Gasteiger partial charge < -0.3 is 0 Å². The Kier molecular flexibility index (Phi) is 330. The Balaban J connectivity index is 0. The summed E-state index contributed by atoms with van der Waals surface area (Å²) in [5.41, 5.74) is 0. The molecule has 0 fully saturated rings. The van der Waals surface area contributed by atoms with Crippen LogP contribution in [0.2, 0.25) is 0 Å². The zero-order valence-electron chi connectivity index (χ0n) is 2.53. The molecule has 0 aliphatic heterocycles. The summed E-state index contributed by atoms with van der Waals surface area (Å²) in [6, 6.07) is 0. The van der Waals surface area contributed by atoms with Crippen LogP contribution in [0, 0.1) is 0 Å². The maximum atomic E-state index is 0. The fraction of sp³-hybridized carbons (Fsp3) is 0. The minimum Gasteiger partial charge on any atom is 0 e. The summed E-state index contributed by atoms with van der Waals surface area (Å²) in [5.74, 6) is 0. The minimum atomic E-state index is 0. The van der Waals surface area contributed by atoms with Gasteiger partial charge in [-0.05, 0) is 0 Å². The van der Waals surface area contributed by atoms with Crippen LogP contribution in [0.15, 0.2) is 0 Å². The van der Waals surface area contributed by atoms with Crippen LogP contribution in [0.3, 0.4) is 0 Å². The van der Waals surface area contributed by atoms with Crippen LogP contribution in [0.4, 0.5) is 0 Å². The summed E-state index contributed by atoms with van der Waals surface area (Å²) in [6.45, 7) is 0. The van der Waals surface area contributed by atoms with Crippen molar-refractivity contribution >= 4 is 0 Å². The molecule has 0 rings (SSSR count). The first-order valence-electron chi connectivity index (χ1n) is 0. The van der Waals surface area contributed by atoms with Gasteiger partial charge in [0.15, 0.2) is 0 Å². The smallest absolute Gasteiger partial charge is 0 e. The summed E-state index contributed by atoms with van der Waals surface area (Å²) in [5, 5.41) is 0. The van der Waals surface area contributed by atoms with Gasteiger partial charge in [0, 0.05) is 118 Å². The molecule has 0 bridgehead atoms. The molecule has 0 saturated carbocycles. The van der Waals surface area contributed by atoms with Crippen molar-refractivity contribution in [3.05, 3.63) is 0 Å². The zero-order valence-corrected chi connectivity index (χ0v) is 12.0. The van der Waals surface area contributed by atoms with Gasteiger partial charge in [0.1, 0.15) is 0 Å².